The molecular weight excluding hydrogens is 474 g/mol. The molecule has 0 bridgehead atoms. The van der Waals surface area contributed by atoms with Crippen LogP contribution in [-0.2, 0) is 4.79 Å². The van der Waals surface area contributed by atoms with E-state index in [1.54, 1.807) is 60.7 Å². The van der Waals surface area contributed by atoms with Crippen LogP contribution in [0.3, 0.4) is 0 Å². The molecule has 0 saturated carbocycles. The minimum atomic E-state index is -0.465. The molecular formula is C24H20BrN3O4. The molecule has 0 atom stereocenters. The number of halogens is 1. The predicted octanol–water partition coefficient (Wildman–Crippen LogP) is 3.86. The Bertz CT molecular complexity index is 1140. The van der Waals surface area contributed by atoms with E-state index >= 15 is 0 Å². The first kappa shape index (κ1) is 22.9. The highest BCUT2D eigenvalue weighted by atomic mass is 79.9. The number of hydrazone groups is 1. The quantitative estimate of drug-likeness (QED) is 0.226. The standard InChI is InChI=1S/C24H20BrN3O4/c1-16-5-9-18(10-6-16)24(31)32-21-11-7-17(8-12-21)14-27-28-22(29)15-26-23(30)19-3-2-4-20(25)13-19/h2-14H,15H2,1H3,(H,26,30)(H,28,29)/b27-14-. The third kappa shape index (κ3) is 6.88. The lowest BCUT2D eigenvalue weighted by atomic mass is 10.1. The molecule has 0 saturated heterocycles. The topological polar surface area (TPSA) is 96.9 Å². The Kier molecular flexibility index (Phi) is 7.88. The molecule has 0 fully saturated rings. The van der Waals surface area contributed by atoms with Crippen molar-refractivity contribution in [2.24, 2.45) is 5.10 Å². The summed E-state index contributed by atoms with van der Waals surface area (Å²) in [6, 6.07) is 20.6. The maximum absolute atomic E-state index is 12.1. The highest BCUT2D eigenvalue weighted by Gasteiger charge is 2.09. The molecule has 0 heterocycles. The van der Waals surface area contributed by atoms with Crippen LogP contribution < -0.4 is 15.5 Å². The number of carbonyl (C=O) groups is 3. The van der Waals surface area contributed by atoms with E-state index in [2.05, 4.69) is 31.8 Å². The first-order chi connectivity index (χ1) is 15.4. The smallest absolute Gasteiger partial charge is 0.343 e. The van der Waals surface area contributed by atoms with Crippen LogP contribution in [0.1, 0.15) is 31.8 Å². The SMILES string of the molecule is Cc1ccc(C(=O)Oc2ccc(/C=N\NC(=O)CNC(=O)c3cccc(Br)c3)cc2)cc1. The summed E-state index contributed by atoms with van der Waals surface area (Å²) in [4.78, 5) is 36.0. The van der Waals surface area contributed by atoms with E-state index < -0.39 is 11.9 Å². The Labute approximate surface area is 193 Å². The molecule has 7 nitrogen and oxygen atoms in total. The molecule has 0 spiro atoms. The second-order valence-corrected chi connectivity index (χ2v) is 7.73. The molecule has 3 aromatic rings. The van der Waals surface area contributed by atoms with Crippen LogP contribution in [0.2, 0.25) is 0 Å². The van der Waals surface area contributed by atoms with Crippen molar-refractivity contribution >= 4 is 39.9 Å². The zero-order valence-corrected chi connectivity index (χ0v) is 18.8. The largest absolute Gasteiger partial charge is 0.423 e. The minimum absolute atomic E-state index is 0.212. The van der Waals surface area contributed by atoms with Crippen molar-refractivity contribution in [2.75, 3.05) is 6.54 Å². The third-order valence-electron chi connectivity index (χ3n) is 4.28. The summed E-state index contributed by atoms with van der Waals surface area (Å²) in [5.41, 5.74) is 5.01. The molecule has 0 aliphatic heterocycles. The van der Waals surface area contributed by atoms with Gasteiger partial charge in [0.1, 0.15) is 5.75 Å². The molecule has 0 aromatic heterocycles. The van der Waals surface area contributed by atoms with Gasteiger partial charge in [-0.2, -0.15) is 5.10 Å². The molecule has 0 aliphatic rings. The molecule has 0 unspecified atom stereocenters. The van der Waals surface area contributed by atoms with Gasteiger partial charge in [-0.1, -0.05) is 39.7 Å². The summed E-state index contributed by atoms with van der Waals surface area (Å²) in [6.07, 6.45) is 1.44. The van der Waals surface area contributed by atoms with Gasteiger partial charge in [-0.15, -0.1) is 0 Å². The molecule has 3 rings (SSSR count). The average Bonchev–Trinajstić information content (AvgIpc) is 2.79. The van der Waals surface area contributed by atoms with Crippen LogP contribution in [0, 0.1) is 6.92 Å². The monoisotopic (exact) mass is 493 g/mol. The van der Waals surface area contributed by atoms with E-state index in [4.69, 9.17) is 4.74 Å². The Morgan fingerprint density at radius 2 is 1.69 bits per heavy atom. The van der Waals surface area contributed by atoms with Gasteiger partial charge in [0.15, 0.2) is 0 Å². The van der Waals surface area contributed by atoms with Crippen LogP contribution in [0.25, 0.3) is 0 Å². The van der Waals surface area contributed by atoms with Gasteiger partial charge in [-0.05, 0) is 67.1 Å². The van der Waals surface area contributed by atoms with Crippen molar-refractivity contribution in [3.05, 3.63) is 99.5 Å². The molecule has 32 heavy (non-hydrogen) atoms. The highest BCUT2D eigenvalue weighted by molar-refractivity contribution is 9.10. The fraction of sp³-hybridized carbons (Fsp3) is 0.0833. The number of aryl methyl sites for hydroxylation is 1. The zero-order chi connectivity index (χ0) is 22.9. The van der Waals surface area contributed by atoms with Crippen LogP contribution in [0.15, 0.2) is 82.4 Å². The Morgan fingerprint density at radius 1 is 0.969 bits per heavy atom. The fourth-order valence-corrected chi connectivity index (χ4v) is 2.99. The average molecular weight is 494 g/mol. The molecule has 162 valence electrons. The first-order valence-electron chi connectivity index (χ1n) is 9.65. The van der Waals surface area contributed by atoms with Gasteiger partial charge in [-0.3, -0.25) is 9.59 Å². The van der Waals surface area contributed by atoms with Gasteiger partial charge in [0, 0.05) is 10.0 Å². The van der Waals surface area contributed by atoms with Crippen molar-refractivity contribution < 1.29 is 19.1 Å². The van der Waals surface area contributed by atoms with Gasteiger partial charge >= 0.3 is 5.97 Å². The zero-order valence-electron chi connectivity index (χ0n) is 17.2. The Hall–Kier alpha value is -3.78. The lowest BCUT2D eigenvalue weighted by molar-refractivity contribution is -0.120. The van der Waals surface area contributed by atoms with E-state index in [9.17, 15) is 14.4 Å². The Morgan fingerprint density at radius 3 is 2.38 bits per heavy atom. The number of esters is 1. The maximum atomic E-state index is 12.1. The number of rotatable bonds is 7. The van der Waals surface area contributed by atoms with Crippen molar-refractivity contribution in [3.8, 4) is 5.75 Å². The summed E-state index contributed by atoms with van der Waals surface area (Å²) in [7, 11) is 0. The number of nitrogens with zero attached hydrogens (tertiary/aromatic N) is 1. The number of hydrogen-bond acceptors (Lipinski definition) is 5. The lowest BCUT2D eigenvalue weighted by Gasteiger charge is -2.05. The van der Waals surface area contributed by atoms with E-state index in [1.807, 2.05) is 19.1 Å². The van der Waals surface area contributed by atoms with E-state index in [0.717, 1.165) is 10.0 Å². The second-order valence-electron chi connectivity index (χ2n) is 6.81. The summed E-state index contributed by atoms with van der Waals surface area (Å²) >= 11 is 3.29. The van der Waals surface area contributed by atoms with E-state index in [1.165, 1.54) is 6.21 Å². The van der Waals surface area contributed by atoms with Crippen molar-refractivity contribution in [3.63, 3.8) is 0 Å². The van der Waals surface area contributed by atoms with Gasteiger partial charge < -0.3 is 10.1 Å². The maximum Gasteiger partial charge on any atom is 0.343 e. The summed E-state index contributed by atoms with van der Waals surface area (Å²) in [6.45, 7) is 1.73. The highest BCUT2D eigenvalue weighted by Crippen LogP contribution is 2.14. The van der Waals surface area contributed by atoms with Crippen LogP contribution in [0.4, 0.5) is 0 Å². The predicted molar refractivity (Wildman–Crippen MR) is 125 cm³/mol. The van der Waals surface area contributed by atoms with Crippen molar-refractivity contribution in [1.82, 2.24) is 10.7 Å². The minimum Gasteiger partial charge on any atom is -0.423 e. The molecule has 0 aliphatic carbocycles. The van der Waals surface area contributed by atoms with Crippen LogP contribution in [0.5, 0.6) is 5.75 Å². The van der Waals surface area contributed by atoms with Gasteiger partial charge in [0.05, 0.1) is 18.3 Å². The van der Waals surface area contributed by atoms with Crippen molar-refractivity contribution in [1.29, 1.82) is 0 Å². The molecule has 3 aromatic carbocycles. The number of carbonyl (C=O) groups excluding carboxylic acids is 3. The number of benzene rings is 3. The van der Waals surface area contributed by atoms with Gasteiger partial charge in [0.25, 0.3) is 11.8 Å². The van der Waals surface area contributed by atoms with Crippen LogP contribution in [-0.4, -0.2) is 30.5 Å². The van der Waals surface area contributed by atoms with E-state index in [0.29, 0.717) is 22.4 Å². The van der Waals surface area contributed by atoms with Crippen LogP contribution >= 0.6 is 15.9 Å². The van der Waals surface area contributed by atoms with Crippen molar-refractivity contribution in [2.45, 2.75) is 6.92 Å². The number of nitrogens with one attached hydrogen (secondary N) is 2. The molecule has 2 amide bonds. The Balaban J connectivity index is 1.45. The second kappa shape index (κ2) is 11.0. The van der Waals surface area contributed by atoms with Gasteiger partial charge in [-0.25, -0.2) is 10.2 Å². The number of ether oxygens (including phenoxy) is 1. The first-order valence-corrected chi connectivity index (χ1v) is 10.4. The lowest BCUT2D eigenvalue weighted by Crippen LogP contribution is -2.34. The number of hydrogen-bond donors (Lipinski definition) is 2. The molecule has 0 radical (unpaired) electrons. The summed E-state index contributed by atoms with van der Waals surface area (Å²) in [5, 5.41) is 6.38. The fourth-order valence-electron chi connectivity index (χ4n) is 2.59. The van der Waals surface area contributed by atoms with E-state index in [-0.39, 0.29) is 12.5 Å². The summed E-state index contributed by atoms with van der Waals surface area (Å²) < 4.78 is 6.11. The normalized spacial score (nSPS) is 10.6. The molecule has 2 N–H and O–H groups in total. The summed E-state index contributed by atoms with van der Waals surface area (Å²) in [5.74, 6) is -0.870. The number of amides is 2. The molecule has 8 heteroatoms. The third-order valence-corrected chi connectivity index (χ3v) is 4.77. The van der Waals surface area contributed by atoms with Gasteiger partial charge in [0.2, 0.25) is 0 Å².